The summed E-state index contributed by atoms with van der Waals surface area (Å²) in [6.45, 7) is 7.27. The number of hydrogen-bond acceptors (Lipinski definition) is 5. The summed E-state index contributed by atoms with van der Waals surface area (Å²) in [5.41, 5.74) is 2.62. The first-order chi connectivity index (χ1) is 9.70. The van der Waals surface area contributed by atoms with Gasteiger partial charge in [-0.05, 0) is 12.5 Å². The lowest BCUT2D eigenvalue weighted by Gasteiger charge is -2.31. The highest BCUT2D eigenvalue weighted by Gasteiger charge is 2.25. The predicted molar refractivity (Wildman–Crippen MR) is 74.2 cm³/mol. The Morgan fingerprint density at radius 2 is 2.25 bits per heavy atom. The monoisotopic (exact) mass is 273 g/mol. The van der Waals surface area contributed by atoms with Gasteiger partial charge in [0.15, 0.2) is 0 Å². The molecule has 0 bridgehead atoms. The topological polar surface area (TPSA) is 51.4 Å². The van der Waals surface area contributed by atoms with Gasteiger partial charge in [-0.25, -0.2) is 0 Å². The van der Waals surface area contributed by atoms with E-state index < -0.39 is 0 Å². The fourth-order valence-corrected chi connectivity index (χ4v) is 2.52. The second-order valence-electron chi connectivity index (χ2n) is 5.26. The van der Waals surface area contributed by atoms with Crippen molar-refractivity contribution in [1.82, 2.24) is 15.0 Å². The summed E-state index contributed by atoms with van der Waals surface area (Å²) < 4.78 is 10.8. The lowest BCUT2D eigenvalue weighted by atomic mass is 10.1. The third kappa shape index (κ3) is 3.05. The molecule has 1 fully saturated rings. The maximum Gasteiger partial charge on any atom is 0.223 e. The van der Waals surface area contributed by atoms with Crippen LogP contribution in [0.1, 0.15) is 28.9 Å². The van der Waals surface area contributed by atoms with Gasteiger partial charge in [0.25, 0.3) is 0 Å². The maximum absolute atomic E-state index is 5.74. The Bertz CT molecular complexity index is 582. The van der Waals surface area contributed by atoms with Crippen molar-refractivity contribution in [2.24, 2.45) is 0 Å². The Kier molecular flexibility index (Phi) is 3.80. The molecular formula is C15H19N3O2. The molecule has 3 rings (SSSR count). The number of rotatable bonds is 3. The van der Waals surface area contributed by atoms with Crippen LogP contribution in [0.3, 0.4) is 0 Å². The number of aryl methyl sites for hydroxylation is 2. The van der Waals surface area contributed by atoms with Gasteiger partial charge >= 0.3 is 0 Å². The van der Waals surface area contributed by atoms with E-state index in [0.717, 1.165) is 19.6 Å². The van der Waals surface area contributed by atoms with E-state index in [2.05, 4.69) is 46.2 Å². The van der Waals surface area contributed by atoms with Gasteiger partial charge in [-0.2, -0.15) is 4.98 Å². The van der Waals surface area contributed by atoms with E-state index in [1.54, 1.807) is 6.92 Å². The van der Waals surface area contributed by atoms with Crippen molar-refractivity contribution >= 4 is 0 Å². The van der Waals surface area contributed by atoms with Gasteiger partial charge in [0.05, 0.1) is 6.61 Å². The molecule has 1 aromatic carbocycles. The summed E-state index contributed by atoms with van der Waals surface area (Å²) in [4.78, 5) is 6.63. The van der Waals surface area contributed by atoms with E-state index in [9.17, 15) is 0 Å². The Labute approximate surface area is 118 Å². The van der Waals surface area contributed by atoms with Crippen molar-refractivity contribution in [2.75, 3.05) is 19.7 Å². The number of benzene rings is 1. The largest absolute Gasteiger partial charge is 0.367 e. The standard InChI is InChI=1S/C15H19N3O2/c1-11-4-3-5-13(8-11)9-18-6-7-19-14(10-18)15-16-12(2)20-17-15/h3-5,8,14H,6-7,9-10H2,1-2H3. The summed E-state index contributed by atoms with van der Waals surface area (Å²) in [6, 6.07) is 8.61. The van der Waals surface area contributed by atoms with Crippen molar-refractivity contribution in [3.8, 4) is 0 Å². The van der Waals surface area contributed by atoms with Crippen molar-refractivity contribution in [3.63, 3.8) is 0 Å². The molecule has 5 nitrogen and oxygen atoms in total. The molecule has 106 valence electrons. The van der Waals surface area contributed by atoms with Gasteiger partial charge in [-0.3, -0.25) is 4.90 Å². The molecule has 2 aromatic rings. The van der Waals surface area contributed by atoms with Gasteiger partial charge in [-0.15, -0.1) is 0 Å². The minimum atomic E-state index is -0.0917. The molecule has 0 aliphatic carbocycles. The summed E-state index contributed by atoms with van der Waals surface area (Å²) in [7, 11) is 0. The number of morpholine rings is 1. The van der Waals surface area contributed by atoms with Crippen LogP contribution in [-0.2, 0) is 11.3 Å². The van der Waals surface area contributed by atoms with Crippen molar-refractivity contribution in [1.29, 1.82) is 0 Å². The summed E-state index contributed by atoms with van der Waals surface area (Å²) in [6.07, 6.45) is -0.0917. The van der Waals surface area contributed by atoms with Crippen LogP contribution in [-0.4, -0.2) is 34.7 Å². The molecule has 0 spiro atoms. The molecule has 2 heterocycles. The Hall–Kier alpha value is -1.72. The van der Waals surface area contributed by atoms with Gasteiger partial charge in [0.2, 0.25) is 11.7 Å². The Morgan fingerprint density at radius 1 is 1.35 bits per heavy atom. The van der Waals surface area contributed by atoms with E-state index in [1.807, 2.05) is 0 Å². The average Bonchev–Trinajstić information content (AvgIpc) is 2.86. The van der Waals surface area contributed by atoms with E-state index in [0.29, 0.717) is 18.3 Å². The quantitative estimate of drug-likeness (QED) is 0.858. The molecule has 1 aromatic heterocycles. The molecule has 5 heteroatoms. The summed E-state index contributed by atoms with van der Waals surface area (Å²) in [5.74, 6) is 1.23. The van der Waals surface area contributed by atoms with E-state index >= 15 is 0 Å². The summed E-state index contributed by atoms with van der Waals surface area (Å²) >= 11 is 0. The summed E-state index contributed by atoms with van der Waals surface area (Å²) in [5, 5.41) is 3.96. The molecule has 0 radical (unpaired) electrons. The molecule has 0 saturated carbocycles. The average molecular weight is 273 g/mol. The molecule has 1 aliphatic heterocycles. The highest BCUT2D eigenvalue weighted by molar-refractivity contribution is 5.22. The third-order valence-corrected chi connectivity index (χ3v) is 3.47. The van der Waals surface area contributed by atoms with Crippen LogP contribution in [0.25, 0.3) is 0 Å². The first kappa shape index (κ1) is 13.3. The zero-order chi connectivity index (χ0) is 13.9. The molecule has 20 heavy (non-hydrogen) atoms. The molecule has 1 aliphatic rings. The normalized spacial score (nSPS) is 20.2. The van der Waals surface area contributed by atoms with Crippen LogP contribution < -0.4 is 0 Å². The Balaban J connectivity index is 1.66. The van der Waals surface area contributed by atoms with Crippen LogP contribution in [0.5, 0.6) is 0 Å². The van der Waals surface area contributed by atoms with Gasteiger partial charge in [0, 0.05) is 26.6 Å². The highest BCUT2D eigenvalue weighted by Crippen LogP contribution is 2.21. The second-order valence-corrected chi connectivity index (χ2v) is 5.26. The zero-order valence-corrected chi connectivity index (χ0v) is 11.9. The predicted octanol–water partition coefficient (Wildman–Crippen LogP) is 2.26. The number of aromatic nitrogens is 2. The molecular weight excluding hydrogens is 254 g/mol. The first-order valence-electron chi connectivity index (χ1n) is 6.90. The van der Waals surface area contributed by atoms with Crippen LogP contribution in [0.2, 0.25) is 0 Å². The van der Waals surface area contributed by atoms with Crippen molar-refractivity contribution in [3.05, 3.63) is 47.1 Å². The van der Waals surface area contributed by atoms with Crippen LogP contribution >= 0.6 is 0 Å². The van der Waals surface area contributed by atoms with Gasteiger partial charge in [-0.1, -0.05) is 35.0 Å². The van der Waals surface area contributed by atoms with E-state index in [1.165, 1.54) is 11.1 Å². The Morgan fingerprint density at radius 3 is 3.00 bits per heavy atom. The smallest absolute Gasteiger partial charge is 0.223 e. The molecule has 0 amide bonds. The van der Waals surface area contributed by atoms with Crippen LogP contribution in [0.15, 0.2) is 28.8 Å². The maximum atomic E-state index is 5.74. The fourth-order valence-electron chi connectivity index (χ4n) is 2.52. The lowest BCUT2D eigenvalue weighted by molar-refractivity contribution is -0.0380. The van der Waals surface area contributed by atoms with Gasteiger partial charge < -0.3 is 9.26 Å². The van der Waals surface area contributed by atoms with E-state index in [-0.39, 0.29) is 6.10 Å². The number of nitrogens with zero attached hydrogens (tertiary/aromatic N) is 3. The van der Waals surface area contributed by atoms with Crippen molar-refractivity contribution < 1.29 is 9.26 Å². The van der Waals surface area contributed by atoms with Crippen LogP contribution in [0.4, 0.5) is 0 Å². The minimum absolute atomic E-state index is 0.0917. The van der Waals surface area contributed by atoms with Crippen LogP contribution in [0, 0.1) is 13.8 Å². The SMILES string of the molecule is Cc1cccc(CN2CCOC(c3noc(C)n3)C2)c1. The second kappa shape index (κ2) is 5.73. The van der Waals surface area contributed by atoms with Crippen molar-refractivity contribution in [2.45, 2.75) is 26.5 Å². The highest BCUT2D eigenvalue weighted by atomic mass is 16.5. The fraction of sp³-hybridized carbons (Fsp3) is 0.467. The molecule has 1 saturated heterocycles. The molecule has 1 unspecified atom stereocenters. The van der Waals surface area contributed by atoms with Gasteiger partial charge in [0.1, 0.15) is 6.10 Å². The molecule has 0 N–H and O–H groups in total. The zero-order valence-electron chi connectivity index (χ0n) is 11.9. The lowest BCUT2D eigenvalue weighted by Crippen LogP contribution is -2.38. The third-order valence-electron chi connectivity index (χ3n) is 3.47. The first-order valence-corrected chi connectivity index (χ1v) is 6.90. The number of ether oxygens (including phenoxy) is 1. The molecule has 1 atom stereocenters. The van der Waals surface area contributed by atoms with E-state index in [4.69, 9.17) is 9.26 Å². The minimum Gasteiger partial charge on any atom is -0.367 e. The number of hydrogen-bond donors (Lipinski definition) is 0.